The molecule has 1 aromatic carbocycles. The van der Waals surface area contributed by atoms with Crippen molar-refractivity contribution in [2.45, 2.75) is 44.0 Å². The van der Waals surface area contributed by atoms with Crippen LogP contribution in [0.5, 0.6) is 0 Å². The summed E-state index contributed by atoms with van der Waals surface area (Å²) in [5.41, 5.74) is 1.49. The highest BCUT2D eigenvalue weighted by molar-refractivity contribution is 6.34. The summed E-state index contributed by atoms with van der Waals surface area (Å²) in [5, 5.41) is 0.590. The van der Waals surface area contributed by atoms with Crippen molar-refractivity contribution in [3.63, 3.8) is 0 Å². The van der Waals surface area contributed by atoms with Crippen molar-refractivity contribution in [1.29, 1.82) is 0 Å². The van der Waals surface area contributed by atoms with Gasteiger partial charge < -0.3 is 4.90 Å². The van der Waals surface area contributed by atoms with Crippen LogP contribution < -0.4 is 0 Å². The maximum atomic E-state index is 12.5. The minimum atomic E-state index is -0.0359. The van der Waals surface area contributed by atoms with Crippen molar-refractivity contribution >= 4 is 29.1 Å². The third-order valence-corrected chi connectivity index (χ3v) is 4.90. The third-order valence-electron chi connectivity index (χ3n) is 3.89. The lowest BCUT2D eigenvalue weighted by atomic mass is 9.93. The first-order valence-electron chi connectivity index (χ1n) is 6.68. The molecule has 2 unspecified atom stereocenters. The molecule has 0 bridgehead atoms. The SMILES string of the molecule is Cc1cccc(C(=O)N(C)C2CCCCC2Cl)c1Cl. The van der Waals surface area contributed by atoms with E-state index in [0.717, 1.165) is 31.2 Å². The Bertz CT molecular complexity index is 475. The van der Waals surface area contributed by atoms with Gasteiger partial charge >= 0.3 is 0 Å². The van der Waals surface area contributed by atoms with Crippen LogP contribution in [0.25, 0.3) is 0 Å². The Balaban J connectivity index is 2.21. The zero-order valence-electron chi connectivity index (χ0n) is 11.3. The average Bonchev–Trinajstić information content (AvgIpc) is 2.41. The van der Waals surface area contributed by atoms with Gasteiger partial charge in [0.15, 0.2) is 0 Å². The summed E-state index contributed by atoms with van der Waals surface area (Å²) in [6.07, 6.45) is 4.23. The number of carbonyl (C=O) groups excluding carboxylic acids is 1. The number of hydrogen-bond donors (Lipinski definition) is 0. The van der Waals surface area contributed by atoms with Crippen molar-refractivity contribution in [3.05, 3.63) is 34.3 Å². The van der Waals surface area contributed by atoms with E-state index in [-0.39, 0.29) is 17.3 Å². The van der Waals surface area contributed by atoms with Crippen LogP contribution in [0, 0.1) is 6.92 Å². The van der Waals surface area contributed by atoms with Crippen LogP contribution in [0.1, 0.15) is 41.6 Å². The van der Waals surface area contributed by atoms with Gasteiger partial charge in [0.1, 0.15) is 0 Å². The molecule has 19 heavy (non-hydrogen) atoms. The number of nitrogens with zero attached hydrogens (tertiary/aromatic N) is 1. The molecule has 0 spiro atoms. The summed E-state index contributed by atoms with van der Waals surface area (Å²) in [6, 6.07) is 5.66. The van der Waals surface area contributed by atoms with Gasteiger partial charge in [-0.2, -0.15) is 0 Å². The molecule has 0 heterocycles. The summed E-state index contributed by atoms with van der Waals surface area (Å²) in [4.78, 5) is 14.3. The van der Waals surface area contributed by atoms with Gasteiger partial charge in [-0.15, -0.1) is 11.6 Å². The number of halogens is 2. The maximum absolute atomic E-state index is 12.5. The lowest BCUT2D eigenvalue weighted by molar-refractivity contribution is 0.0700. The molecule has 1 amide bonds. The van der Waals surface area contributed by atoms with Gasteiger partial charge in [0.05, 0.1) is 16.0 Å². The van der Waals surface area contributed by atoms with E-state index < -0.39 is 0 Å². The molecule has 1 aliphatic carbocycles. The Kier molecular flexibility index (Phi) is 4.75. The Morgan fingerprint density at radius 2 is 2.00 bits per heavy atom. The highest BCUT2D eigenvalue weighted by Crippen LogP contribution is 2.29. The first kappa shape index (κ1) is 14.7. The minimum Gasteiger partial charge on any atom is -0.337 e. The Morgan fingerprint density at radius 3 is 2.68 bits per heavy atom. The van der Waals surface area contributed by atoms with E-state index in [2.05, 4.69) is 0 Å². The summed E-state index contributed by atoms with van der Waals surface area (Å²) >= 11 is 12.6. The number of alkyl halides is 1. The summed E-state index contributed by atoms with van der Waals surface area (Å²) in [6.45, 7) is 1.91. The van der Waals surface area contributed by atoms with E-state index in [0.29, 0.717) is 10.6 Å². The van der Waals surface area contributed by atoms with Crippen LogP contribution in [0.3, 0.4) is 0 Å². The molecule has 2 rings (SSSR count). The number of amides is 1. The maximum Gasteiger partial charge on any atom is 0.255 e. The van der Waals surface area contributed by atoms with Crippen LogP contribution in [-0.4, -0.2) is 29.3 Å². The molecule has 0 radical (unpaired) electrons. The summed E-state index contributed by atoms with van der Waals surface area (Å²) < 4.78 is 0. The molecular formula is C15H19Cl2NO. The van der Waals surface area contributed by atoms with Gasteiger partial charge in [0.2, 0.25) is 0 Å². The average molecular weight is 300 g/mol. The van der Waals surface area contributed by atoms with Gasteiger partial charge in [-0.05, 0) is 31.4 Å². The van der Waals surface area contributed by atoms with E-state index in [9.17, 15) is 4.79 Å². The molecule has 2 nitrogen and oxygen atoms in total. The molecule has 0 N–H and O–H groups in total. The largest absolute Gasteiger partial charge is 0.337 e. The topological polar surface area (TPSA) is 20.3 Å². The van der Waals surface area contributed by atoms with Gasteiger partial charge in [-0.1, -0.05) is 36.6 Å². The van der Waals surface area contributed by atoms with Crippen molar-refractivity contribution in [3.8, 4) is 0 Å². The van der Waals surface area contributed by atoms with Gasteiger partial charge in [-0.25, -0.2) is 0 Å². The number of rotatable bonds is 2. The van der Waals surface area contributed by atoms with Crippen LogP contribution in [-0.2, 0) is 0 Å². The molecule has 4 heteroatoms. The molecule has 2 atom stereocenters. The Hall–Kier alpha value is -0.730. The second-order valence-corrected chi connectivity index (χ2v) is 6.16. The third kappa shape index (κ3) is 3.06. The predicted molar refractivity (Wildman–Crippen MR) is 80.2 cm³/mol. The molecule has 0 aliphatic heterocycles. The first-order chi connectivity index (χ1) is 9.02. The number of aryl methyl sites for hydroxylation is 1. The highest BCUT2D eigenvalue weighted by atomic mass is 35.5. The Labute approximate surface area is 124 Å². The van der Waals surface area contributed by atoms with Crippen molar-refractivity contribution in [1.82, 2.24) is 4.90 Å². The fourth-order valence-electron chi connectivity index (χ4n) is 2.66. The molecular weight excluding hydrogens is 281 g/mol. The van der Waals surface area contributed by atoms with Crippen molar-refractivity contribution < 1.29 is 4.79 Å². The zero-order chi connectivity index (χ0) is 14.0. The fraction of sp³-hybridized carbons (Fsp3) is 0.533. The second-order valence-electron chi connectivity index (χ2n) is 5.22. The molecule has 1 aliphatic rings. The lowest BCUT2D eigenvalue weighted by Gasteiger charge is -2.35. The highest BCUT2D eigenvalue weighted by Gasteiger charge is 2.30. The summed E-state index contributed by atoms with van der Waals surface area (Å²) in [5.74, 6) is -0.0359. The molecule has 0 saturated heterocycles. The summed E-state index contributed by atoms with van der Waals surface area (Å²) in [7, 11) is 1.83. The van der Waals surface area contributed by atoms with E-state index in [1.165, 1.54) is 0 Å². The van der Waals surface area contributed by atoms with Crippen LogP contribution in [0.4, 0.5) is 0 Å². The fourth-order valence-corrected chi connectivity index (χ4v) is 3.31. The van der Waals surface area contributed by atoms with Gasteiger partial charge in [-0.3, -0.25) is 4.79 Å². The van der Waals surface area contributed by atoms with Crippen LogP contribution in [0.2, 0.25) is 5.02 Å². The van der Waals surface area contributed by atoms with E-state index in [4.69, 9.17) is 23.2 Å². The van der Waals surface area contributed by atoms with Crippen LogP contribution >= 0.6 is 23.2 Å². The molecule has 1 saturated carbocycles. The Morgan fingerprint density at radius 1 is 1.32 bits per heavy atom. The smallest absolute Gasteiger partial charge is 0.255 e. The minimum absolute atomic E-state index is 0.0359. The van der Waals surface area contributed by atoms with Gasteiger partial charge in [0, 0.05) is 13.1 Å². The van der Waals surface area contributed by atoms with Crippen molar-refractivity contribution in [2.75, 3.05) is 7.05 Å². The number of hydrogen-bond acceptors (Lipinski definition) is 1. The number of carbonyl (C=O) groups is 1. The molecule has 104 valence electrons. The first-order valence-corrected chi connectivity index (χ1v) is 7.50. The zero-order valence-corrected chi connectivity index (χ0v) is 12.8. The predicted octanol–water partition coefficient (Wildman–Crippen LogP) is 4.27. The van der Waals surface area contributed by atoms with Crippen molar-refractivity contribution in [2.24, 2.45) is 0 Å². The van der Waals surface area contributed by atoms with E-state index in [1.54, 1.807) is 11.0 Å². The number of benzene rings is 1. The van der Waals surface area contributed by atoms with Gasteiger partial charge in [0.25, 0.3) is 5.91 Å². The van der Waals surface area contributed by atoms with E-state index >= 15 is 0 Å². The monoisotopic (exact) mass is 299 g/mol. The molecule has 1 aromatic rings. The molecule has 1 fully saturated rings. The molecule has 0 aromatic heterocycles. The normalized spacial score (nSPS) is 23.2. The lowest BCUT2D eigenvalue weighted by Crippen LogP contribution is -2.44. The van der Waals surface area contributed by atoms with Crippen LogP contribution in [0.15, 0.2) is 18.2 Å². The van der Waals surface area contributed by atoms with E-state index in [1.807, 2.05) is 26.1 Å². The standard InChI is InChI=1S/C15H19Cl2NO/c1-10-6-5-7-11(14(10)17)15(19)18(2)13-9-4-3-8-12(13)16/h5-7,12-13H,3-4,8-9H2,1-2H3. The second kappa shape index (κ2) is 6.15. The quantitative estimate of drug-likeness (QED) is 0.747.